The second kappa shape index (κ2) is 7.11. The molecular weight excluding hydrogens is 244 g/mol. The van der Waals surface area contributed by atoms with Crippen LogP contribution in [0.3, 0.4) is 0 Å². The summed E-state index contributed by atoms with van der Waals surface area (Å²) in [5, 5.41) is 0. The second-order valence-electron chi connectivity index (χ2n) is 5.25. The number of hydrogen-bond donors (Lipinski definition) is 1. The second-order valence-corrected chi connectivity index (χ2v) is 5.25. The summed E-state index contributed by atoms with van der Waals surface area (Å²) in [6, 6.07) is 19.2. The highest BCUT2D eigenvalue weighted by Crippen LogP contribution is 2.18. The molecule has 1 atom stereocenters. The molecule has 0 amide bonds. The topological polar surface area (TPSA) is 29.3 Å². The van der Waals surface area contributed by atoms with Gasteiger partial charge in [0.05, 0.1) is 0 Å². The maximum absolute atomic E-state index is 6.24. The molecule has 0 heterocycles. The molecule has 0 saturated carbocycles. The third-order valence-electron chi connectivity index (χ3n) is 3.79. The lowest BCUT2D eigenvalue weighted by Crippen LogP contribution is -2.23. The van der Waals surface area contributed by atoms with Gasteiger partial charge in [0.2, 0.25) is 0 Å². The molecule has 20 heavy (non-hydrogen) atoms. The number of nitrogens with two attached hydrogens (primary N) is 1. The third kappa shape index (κ3) is 3.84. The molecule has 0 aromatic heterocycles. The maximum atomic E-state index is 6.24. The van der Waals surface area contributed by atoms with Gasteiger partial charge in [0.25, 0.3) is 0 Å². The molecule has 0 aliphatic heterocycles. The molecule has 0 fully saturated rings. The van der Waals surface area contributed by atoms with Crippen LogP contribution in [0.4, 0.5) is 5.69 Å². The Morgan fingerprint density at radius 3 is 2.25 bits per heavy atom. The lowest BCUT2D eigenvalue weighted by Gasteiger charge is -2.22. The van der Waals surface area contributed by atoms with Crippen molar-refractivity contribution in [2.45, 2.75) is 25.8 Å². The molecule has 0 bridgehead atoms. The van der Waals surface area contributed by atoms with Crippen molar-refractivity contribution in [1.82, 2.24) is 0 Å². The summed E-state index contributed by atoms with van der Waals surface area (Å²) in [6.45, 7) is 3.14. The number of hydrogen-bond acceptors (Lipinski definition) is 2. The highest BCUT2D eigenvalue weighted by atomic mass is 15.1. The van der Waals surface area contributed by atoms with Crippen molar-refractivity contribution in [2.75, 3.05) is 18.5 Å². The minimum Gasteiger partial charge on any atom is -0.375 e. The first kappa shape index (κ1) is 14.6. The molecule has 2 nitrogen and oxygen atoms in total. The van der Waals surface area contributed by atoms with Crippen LogP contribution in [0.5, 0.6) is 0 Å². The Balaban J connectivity index is 1.89. The fourth-order valence-corrected chi connectivity index (χ4v) is 2.31. The van der Waals surface area contributed by atoms with Gasteiger partial charge in [-0.05, 0) is 36.1 Å². The van der Waals surface area contributed by atoms with Crippen molar-refractivity contribution in [3.05, 3.63) is 65.7 Å². The van der Waals surface area contributed by atoms with Crippen LogP contribution in [0.15, 0.2) is 54.6 Å². The van der Waals surface area contributed by atoms with E-state index in [1.165, 1.54) is 16.8 Å². The Kier molecular flexibility index (Phi) is 5.19. The quantitative estimate of drug-likeness (QED) is 0.864. The van der Waals surface area contributed by atoms with Crippen molar-refractivity contribution < 1.29 is 0 Å². The summed E-state index contributed by atoms with van der Waals surface area (Å²) in [5.41, 5.74) is 10.1. The predicted octanol–water partition coefficient (Wildman–Crippen LogP) is 3.78. The van der Waals surface area contributed by atoms with Gasteiger partial charge in [-0.15, -0.1) is 0 Å². The predicted molar refractivity (Wildman–Crippen MR) is 87.1 cm³/mol. The van der Waals surface area contributed by atoms with E-state index in [9.17, 15) is 0 Å². The Hall–Kier alpha value is -1.80. The Morgan fingerprint density at radius 2 is 1.65 bits per heavy atom. The summed E-state index contributed by atoms with van der Waals surface area (Å²) < 4.78 is 0. The minimum atomic E-state index is 0.105. The van der Waals surface area contributed by atoms with Crippen molar-refractivity contribution in [1.29, 1.82) is 0 Å². The van der Waals surface area contributed by atoms with E-state index in [-0.39, 0.29) is 6.04 Å². The summed E-state index contributed by atoms with van der Waals surface area (Å²) in [6.07, 6.45) is 2.04. The zero-order valence-electron chi connectivity index (χ0n) is 12.4. The highest BCUT2D eigenvalue weighted by Gasteiger charge is 2.07. The van der Waals surface area contributed by atoms with Crippen LogP contribution < -0.4 is 10.6 Å². The van der Waals surface area contributed by atoms with Crippen LogP contribution in [0.25, 0.3) is 0 Å². The monoisotopic (exact) mass is 268 g/mol. The van der Waals surface area contributed by atoms with E-state index >= 15 is 0 Å². The lowest BCUT2D eigenvalue weighted by molar-refractivity contribution is 0.645. The molecule has 106 valence electrons. The first-order valence-corrected chi connectivity index (χ1v) is 7.31. The van der Waals surface area contributed by atoms with Crippen LogP contribution in [0.1, 0.15) is 30.5 Å². The molecule has 0 spiro atoms. The first-order chi connectivity index (χ1) is 9.70. The first-order valence-electron chi connectivity index (χ1n) is 7.31. The van der Waals surface area contributed by atoms with E-state index in [2.05, 4.69) is 55.3 Å². The molecule has 0 aliphatic rings. The molecular formula is C18H24N2. The van der Waals surface area contributed by atoms with Gasteiger partial charge in [-0.1, -0.05) is 49.4 Å². The van der Waals surface area contributed by atoms with E-state index in [1.807, 2.05) is 18.2 Å². The molecule has 0 aliphatic carbocycles. The van der Waals surface area contributed by atoms with Gasteiger partial charge in [-0.25, -0.2) is 0 Å². The molecule has 0 saturated heterocycles. The van der Waals surface area contributed by atoms with Crippen molar-refractivity contribution in [3.8, 4) is 0 Å². The summed E-state index contributed by atoms with van der Waals surface area (Å²) in [7, 11) is 2.12. The number of rotatable bonds is 6. The number of nitrogens with zero attached hydrogens (tertiary/aromatic N) is 1. The maximum Gasteiger partial charge on any atom is 0.0363 e. The molecule has 0 radical (unpaired) electrons. The third-order valence-corrected chi connectivity index (χ3v) is 3.79. The van der Waals surface area contributed by atoms with Crippen molar-refractivity contribution in [3.63, 3.8) is 0 Å². The zero-order chi connectivity index (χ0) is 14.4. The largest absolute Gasteiger partial charge is 0.375 e. The van der Waals surface area contributed by atoms with Crippen LogP contribution >= 0.6 is 0 Å². The normalized spacial score (nSPS) is 12.2. The van der Waals surface area contributed by atoms with E-state index in [1.54, 1.807) is 0 Å². The SMILES string of the molecule is CCc1ccc(N(C)CCC(N)c2ccccc2)cc1. The van der Waals surface area contributed by atoms with Gasteiger partial charge in [0.15, 0.2) is 0 Å². The minimum absolute atomic E-state index is 0.105. The average molecular weight is 268 g/mol. The summed E-state index contributed by atoms with van der Waals surface area (Å²) in [5.74, 6) is 0. The molecule has 2 N–H and O–H groups in total. The van der Waals surface area contributed by atoms with Crippen molar-refractivity contribution in [2.24, 2.45) is 5.73 Å². The summed E-state index contributed by atoms with van der Waals surface area (Å²) in [4.78, 5) is 2.27. The van der Waals surface area contributed by atoms with E-state index in [0.717, 1.165) is 19.4 Å². The van der Waals surface area contributed by atoms with Gasteiger partial charge in [-0.3, -0.25) is 0 Å². The van der Waals surface area contributed by atoms with E-state index in [4.69, 9.17) is 5.73 Å². The summed E-state index contributed by atoms with van der Waals surface area (Å²) >= 11 is 0. The van der Waals surface area contributed by atoms with Gasteiger partial charge in [0, 0.05) is 25.3 Å². The molecule has 1 unspecified atom stereocenters. The standard InChI is InChI=1S/C18H24N2/c1-3-15-9-11-17(12-10-15)20(2)14-13-18(19)16-7-5-4-6-8-16/h4-12,18H,3,13-14,19H2,1-2H3. The Morgan fingerprint density at radius 1 is 1.00 bits per heavy atom. The van der Waals surface area contributed by atoms with Gasteiger partial charge < -0.3 is 10.6 Å². The fraction of sp³-hybridized carbons (Fsp3) is 0.333. The Labute approximate surface area is 122 Å². The number of benzene rings is 2. The lowest BCUT2D eigenvalue weighted by atomic mass is 10.0. The van der Waals surface area contributed by atoms with E-state index < -0.39 is 0 Å². The molecule has 2 aromatic rings. The molecule has 2 rings (SSSR count). The number of aryl methyl sites for hydroxylation is 1. The van der Waals surface area contributed by atoms with Gasteiger partial charge in [0.1, 0.15) is 0 Å². The van der Waals surface area contributed by atoms with Gasteiger partial charge in [-0.2, -0.15) is 0 Å². The zero-order valence-corrected chi connectivity index (χ0v) is 12.4. The van der Waals surface area contributed by atoms with E-state index in [0.29, 0.717) is 0 Å². The molecule has 2 aromatic carbocycles. The smallest absolute Gasteiger partial charge is 0.0363 e. The van der Waals surface area contributed by atoms with Crippen LogP contribution in [0.2, 0.25) is 0 Å². The number of anilines is 1. The average Bonchev–Trinajstić information content (AvgIpc) is 2.53. The highest BCUT2D eigenvalue weighted by molar-refractivity contribution is 5.46. The van der Waals surface area contributed by atoms with Gasteiger partial charge >= 0.3 is 0 Å². The fourth-order valence-electron chi connectivity index (χ4n) is 2.31. The van der Waals surface area contributed by atoms with Crippen LogP contribution in [0, 0.1) is 0 Å². The van der Waals surface area contributed by atoms with Crippen LogP contribution in [-0.2, 0) is 6.42 Å². The molecule has 2 heteroatoms. The van der Waals surface area contributed by atoms with Crippen molar-refractivity contribution >= 4 is 5.69 Å². The Bertz CT molecular complexity index is 505. The van der Waals surface area contributed by atoms with Crippen LogP contribution in [-0.4, -0.2) is 13.6 Å².